The summed E-state index contributed by atoms with van der Waals surface area (Å²) in [5.74, 6) is 0.577. The third kappa shape index (κ3) is 3.67. The van der Waals surface area contributed by atoms with Gasteiger partial charge in [0, 0.05) is 11.4 Å². The predicted octanol–water partition coefficient (Wildman–Crippen LogP) is 1.65. The number of nitrogens with zero attached hydrogens (tertiary/aromatic N) is 3. The van der Waals surface area contributed by atoms with E-state index in [0.29, 0.717) is 41.6 Å². The molecule has 1 aromatic heterocycles. The number of H-pyrrole nitrogens is 1. The minimum atomic E-state index is -0.485. The number of aromatic nitrogens is 4. The van der Waals surface area contributed by atoms with Gasteiger partial charge in [0.2, 0.25) is 0 Å². The van der Waals surface area contributed by atoms with Crippen molar-refractivity contribution in [3.05, 3.63) is 34.6 Å². The van der Waals surface area contributed by atoms with Crippen LogP contribution in [0.25, 0.3) is 0 Å². The number of aryl methyl sites for hydroxylation is 1. The van der Waals surface area contributed by atoms with Gasteiger partial charge in [0.1, 0.15) is 11.3 Å². The summed E-state index contributed by atoms with van der Waals surface area (Å²) < 4.78 is 10.3. The number of hydrogen-bond donors (Lipinski definition) is 1. The van der Waals surface area contributed by atoms with Crippen LogP contribution in [-0.4, -0.2) is 40.3 Å². The molecule has 0 saturated carbocycles. The van der Waals surface area contributed by atoms with Gasteiger partial charge in [-0.15, -0.1) is 10.2 Å². The Kier molecular flexibility index (Phi) is 4.89. The van der Waals surface area contributed by atoms with E-state index in [9.17, 15) is 4.79 Å². The van der Waals surface area contributed by atoms with Crippen molar-refractivity contribution in [2.75, 3.05) is 13.7 Å². The topological polar surface area (TPSA) is 90.0 Å². The summed E-state index contributed by atoms with van der Waals surface area (Å²) in [7, 11) is 1.31. The first-order valence-corrected chi connectivity index (χ1v) is 6.31. The molecule has 0 amide bonds. The van der Waals surface area contributed by atoms with Crippen LogP contribution < -0.4 is 4.74 Å². The average molecular weight is 297 g/mol. The lowest BCUT2D eigenvalue weighted by atomic mass is 10.2. The fraction of sp³-hybridized carbons (Fsp3) is 0.333. The molecule has 0 spiro atoms. The van der Waals surface area contributed by atoms with Crippen LogP contribution in [0.1, 0.15) is 22.6 Å². The van der Waals surface area contributed by atoms with Crippen LogP contribution in [0.4, 0.5) is 0 Å². The molecular formula is C12H13ClN4O3. The summed E-state index contributed by atoms with van der Waals surface area (Å²) in [6.07, 6.45) is 1.33. The molecule has 0 saturated heterocycles. The second kappa shape index (κ2) is 6.85. The van der Waals surface area contributed by atoms with Gasteiger partial charge < -0.3 is 9.47 Å². The lowest BCUT2D eigenvalue weighted by molar-refractivity contribution is 0.0596. The molecule has 0 unspecified atom stereocenters. The highest BCUT2D eigenvalue weighted by molar-refractivity contribution is 6.31. The minimum absolute atomic E-state index is 0.305. The quantitative estimate of drug-likeness (QED) is 0.644. The maximum absolute atomic E-state index is 11.6. The van der Waals surface area contributed by atoms with E-state index in [1.807, 2.05) is 0 Å². The highest BCUT2D eigenvalue weighted by atomic mass is 35.5. The molecule has 0 aliphatic rings. The van der Waals surface area contributed by atoms with Crippen molar-refractivity contribution < 1.29 is 14.3 Å². The standard InChI is InChI=1S/C12H13ClN4O3/c1-19-12(18)9-7-8(13)4-5-10(9)20-6-2-3-11-14-16-17-15-11/h4-5,7H,2-3,6H2,1H3,(H,14,15,16,17). The van der Waals surface area contributed by atoms with Crippen molar-refractivity contribution in [3.63, 3.8) is 0 Å². The Bertz CT molecular complexity index is 574. The molecule has 0 radical (unpaired) electrons. The number of ether oxygens (including phenoxy) is 2. The van der Waals surface area contributed by atoms with Gasteiger partial charge in [-0.2, -0.15) is 5.21 Å². The molecule has 0 atom stereocenters. The Morgan fingerprint density at radius 2 is 2.30 bits per heavy atom. The minimum Gasteiger partial charge on any atom is -0.493 e. The molecule has 0 aliphatic carbocycles. The van der Waals surface area contributed by atoms with E-state index in [2.05, 4.69) is 25.4 Å². The predicted molar refractivity (Wildman–Crippen MR) is 70.8 cm³/mol. The van der Waals surface area contributed by atoms with Gasteiger partial charge in [-0.1, -0.05) is 16.8 Å². The number of rotatable bonds is 6. The van der Waals surface area contributed by atoms with Gasteiger partial charge >= 0.3 is 5.97 Å². The van der Waals surface area contributed by atoms with Crippen LogP contribution in [-0.2, 0) is 11.2 Å². The van der Waals surface area contributed by atoms with Crippen molar-refractivity contribution in [1.29, 1.82) is 0 Å². The molecule has 1 N–H and O–H groups in total. The lowest BCUT2D eigenvalue weighted by Gasteiger charge is -2.10. The Hall–Kier alpha value is -2.15. The molecule has 106 valence electrons. The molecule has 8 heteroatoms. The van der Waals surface area contributed by atoms with Crippen molar-refractivity contribution >= 4 is 17.6 Å². The third-order valence-electron chi connectivity index (χ3n) is 2.54. The lowest BCUT2D eigenvalue weighted by Crippen LogP contribution is -2.07. The van der Waals surface area contributed by atoms with Crippen molar-refractivity contribution in [2.24, 2.45) is 0 Å². The summed E-state index contributed by atoms with van der Waals surface area (Å²) in [5, 5.41) is 14.0. The van der Waals surface area contributed by atoms with E-state index in [-0.39, 0.29) is 0 Å². The van der Waals surface area contributed by atoms with Crippen LogP contribution >= 0.6 is 11.6 Å². The molecule has 1 heterocycles. The zero-order valence-electron chi connectivity index (χ0n) is 10.8. The molecular weight excluding hydrogens is 284 g/mol. The summed E-state index contributed by atoms with van der Waals surface area (Å²) in [5.41, 5.74) is 0.305. The van der Waals surface area contributed by atoms with E-state index in [0.717, 1.165) is 0 Å². The maximum atomic E-state index is 11.6. The van der Waals surface area contributed by atoms with Crippen LogP contribution in [0.5, 0.6) is 5.75 Å². The fourth-order valence-corrected chi connectivity index (χ4v) is 1.77. The normalized spacial score (nSPS) is 10.3. The Morgan fingerprint density at radius 1 is 1.45 bits per heavy atom. The Labute approximate surface area is 120 Å². The first-order chi connectivity index (χ1) is 9.70. The van der Waals surface area contributed by atoms with Gasteiger partial charge in [-0.25, -0.2) is 4.79 Å². The van der Waals surface area contributed by atoms with Gasteiger partial charge in [0.15, 0.2) is 5.82 Å². The number of aromatic amines is 1. The smallest absolute Gasteiger partial charge is 0.341 e. The Morgan fingerprint density at radius 3 is 3.00 bits per heavy atom. The highest BCUT2D eigenvalue weighted by Crippen LogP contribution is 2.23. The van der Waals surface area contributed by atoms with E-state index in [1.165, 1.54) is 13.2 Å². The second-order valence-corrected chi connectivity index (χ2v) is 4.35. The van der Waals surface area contributed by atoms with E-state index in [1.54, 1.807) is 12.1 Å². The monoisotopic (exact) mass is 296 g/mol. The largest absolute Gasteiger partial charge is 0.493 e. The zero-order chi connectivity index (χ0) is 14.4. The summed E-state index contributed by atoms with van der Waals surface area (Å²) in [6, 6.07) is 4.81. The third-order valence-corrected chi connectivity index (χ3v) is 2.77. The number of carbonyl (C=O) groups excluding carboxylic acids is 1. The number of carbonyl (C=O) groups is 1. The van der Waals surface area contributed by atoms with Gasteiger partial charge in [-0.3, -0.25) is 0 Å². The van der Waals surface area contributed by atoms with Gasteiger partial charge in [0.25, 0.3) is 0 Å². The number of hydrogen-bond acceptors (Lipinski definition) is 6. The summed E-state index contributed by atoms with van der Waals surface area (Å²) >= 11 is 5.86. The van der Waals surface area contributed by atoms with Crippen molar-refractivity contribution in [1.82, 2.24) is 20.6 Å². The van der Waals surface area contributed by atoms with Crippen LogP contribution in [0, 0.1) is 0 Å². The zero-order valence-corrected chi connectivity index (χ0v) is 11.6. The van der Waals surface area contributed by atoms with Gasteiger partial charge in [-0.05, 0) is 24.6 Å². The molecule has 2 aromatic rings. The molecule has 0 bridgehead atoms. The SMILES string of the molecule is COC(=O)c1cc(Cl)ccc1OCCCc1nn[nH]n1. The molecule has 20 heavy (non-hydrogen) atoms. The number of tetrazole rings is 1. The first-order valence-electron chi connectivity index (χ1n) is 5.93. The van der Waals surface area contributed by atoms with Crippen LogP contribution in [0.15, 0.2) is 18.2 Å². The van der Waals surface area contributed by atoms with Crippen molar-refractivity contribution in [3.8, 4) is 5.75 Å². The number of halogens is 1. The molecule has 2 rings (SSSR count). The van der Waals surface area contributed by atoms with Crippen molar-refractivity contribution in [2.45, 2.75) is 12.8 Å². The Balaban J connectivity index is 1.93. The average Bonchev–Trinajstić information content (AvgIpc) is 2.97. The second-order valence-electron chi connectivity index (χ2n) is 3.91. The maximum Gasteiger partial charge on any atom is 0.341 e. The number of esters is 1. The van der Waals surface area contributed by atoms with E-state index >= 15 is 0 Å². The number of benzene rings is 1. The fourth-order valence-electron chi connectivity index (χ4n) is 1.60. The number of methoxy groups -OCH3 is 1. The van der Waals surface area contributed by atoms with E-state index in [4.69, 9.17) is 16.3 Å². The van der Waals surface area contributed by atoms with Crippen LogP contribution in [0.3, 0.4) is 0 Å². The van der Waals surface area contributed by atoms with Gasteiger partial charge in [0.05, 0.1) is 13.7 Å². The molecule has 0 fully saturated rings. The first kappa shape index (κ1) is 14.3. The number of nitrogens with one attached hydrogen (secondary N) is 1. The summed E-state index contributed by atoms with van der Waals surface area (Å²) in [6.45, 7) is 0.417. The molecule has 1 aromatic carbocycles. The summed E-state index contributed by atoms with van der Waals surface area (Å²) in [4.78, 5) is 11.6. The van der Waals surface area contributed by atoms with Crippen LogP contribution in [0.2, 0.25) is 5.02 Å². The highest BCUT2D eigenvalue weighted by Gasteiger charge is 2.13. The molecule has 0 aliphatic heterocycles. The van der Waals surface area contributed by atoms with E-state index < -0.39 is 5.97 Å². The molecule has 7 nitrogen and oxygen atoms in total.